The predicted octanol–water partition coefficient (Wildman–Crippen LogP) is 2.02. The van der Waals surface area contributed by atoms with Gasteiger partial charge in [0.2, 0.25) is 5.91 Å². The van der Waals surface area contributed by atoms with Crippen LogP contribution in [0.3, 0.4) is 0 Å². The molecule has 3 N–H and O–H groups in total. The molecule has 3 amide bonds. The van der Waals surface area contributed by atoms with Crippen LogP contribution >= 0.6 is 0 Å². The normalized spacial score (nSPS) is 23.6. The number of imide groups is 1. The van der Waals surface area contributed by atoms with E-state index in [4.69, 9.17) is 0 Å². The van der Waals surface area contributed by atoms with Gasteiger partial charge in [-0.05, 0) is 38.0 Å². The second kappa shape index (κ2) is 8.25. The van der Waals surface area contributed by atoms with E-state index in [0.717, 1.165) is 12.3 Å². The average molecular weight is 283 g/mol. The molecule has 5 heteroatoms. The Morgan fingerprint density at radius 2 is 1.90 bits per heavy atom. The van der Waals surface area contributed by atoms with Gasteiger partial charge in [-0.25, -0.2) is 4.79 Å². The van der Waals surface area contributed by atoms with E-state index in [1.807, 2.05) is 6.92 Å². The first-order chi connectivity index (χ1) is 9.43. The van der Waals surface area contributed by atoms with Crippen molar-refractivity contribution >= 4 is 11.9 Å². The Labute approximate surface area is 122 Å². The summed E-state index contributed by atoms with van der Waals surface area (Å²) in [6.45, 7) is 6.31. The standard InChI is InChI=1S/C15H29N3O2/c1-10(2)8-9-12-6-5-7-13(12)17-11(3)14(19)18-15(20)16-4/h10-13,17H,5-9H2,1-4H3,(H2,16,18,19,20)/t11-,12-,13+/m0/s1. The van der Waals surface area contributed by atoms with Gasteiger partial charge in [0.25, 0.3) is 0 Å². The van der Waals surface area contributed by atoms with Crippen LogP contribution in [0.4, 0.5) is 4.79 Å². The first-order valence-corrected chi connectivity index (χ1v) is 7.72. The number of hydrogen-bond donors (Lipinski definition) is 3. The number of urea groups is 1. The van der Waals surface area contributed by atoms with Crippen molar-refractivity contribution in [2.75, 3.05) is 7.05 Å². The summed E-state index contributed by atoms with van der Waals surface area (Å²) in [5.41, 5.74) is 0. The number of nitrogens with one attached hydrogen (secondary N) is 3. The van der Waals surface area contributed by atoms with E-state index in [-0.39, 0.29) is 11.9 Å². The molecule has 3 atom stereocenters. The summed E-state index contributed by atoms with van der Waals surface area (Å²) in [5, 5.41) is 8.09. The van der Waals surface area contributed by atoms with Crippen LogP contribution in [0.5, 0.6) is 0 Å². The molecule has 0 heterocycles. The third kappa shape index (κ3) is 5.49. The number of carbonyl (C=O) groups is 2. The summed E-state index contributed by atoms with van der Waals surface area (Å²) in [6.07, 6.45) is 6.06. The highest BCUT2D eigenvalue weighted by Gasteiger charge is 2.29. The lowest BCUT2D eigenvalue weighted by atomic mass is 9.93. The Kier molecular flexibility index (Phi) is 6.99. The SMILES string of the molecule is CNC(=O)NC(=O)[C@H](C)N[C@@H]1CCC[C@H]1CCC(C)C. The van der Waals surface area contributed by atoms with Gasteiger partial charge < -0.3 is 10.6 Å². The molecule has 116 valence electrons. The number of rotatable bonds is 6. The summed E-state index contributed by atoms with van der Waals surface area (Å²) in [5.74, 6) is 1.12. The summed E-state index contributed by atoms with van der Waals surface area (Å²) in [4.78, 5) is 23.0. The fourth-order valence-corrected chi connectivity index (χ4v) is 2.83. The zero-order chi connectivity index (χ0) is 15.1. The summed E-state index contributed by atoms with van der Waals surface area (Å²) in [6, 6.07) is -0.387. The van der Waals surface area contributed by atoms with Crippen LogP contribution in [-0.4, -0.2) is 31.1 Å². The van der Waals surface area contributed by atoms with E-state index in [9.17, 15) is 9.59 Å². The van der Waals surface area contributed by atoms with Crippen molar-refractivity contribution < 1.29 is 9.59 Å². The van der Waals surface area contributed by atoms with Crippen molar-refractivity contribution in [2.45, 2.75) is 65.0 Å². The van der Waals surface area contributed by atoms with Gasteiger partial charge in [0.05, 0.1) is 6.04 Å². The molecular formula is C15H29N3O2. The fraction of sp³-hybridized carbons (Fsp3) is 0.867. The van der Waals surface area contributed by atoms with Gasteiger partial charge in [-0.3, -0.25) is 10.1 Å². The van der Waals surface area contributed by atoms with Gasteiger partial charge in [0, 0.05) is 13.1 Å². The molecule has 0 aromatic carbocycles. The molecule has 1 aliphatic carbocycles. The van der Waals surface area contributed by atoms with E-state index in [0.29, 0.717) is 12.0 Å². The molecule has 20 heavy (non-hydrogen) atoms. The van der Waals surface area contributed by atoms with Crippen molar-refractivity contribution in [1.29, 1.82) is 0 Å². The van der Waals surface area contributed by atoms with Crippen molar-refractivity contribution in [3.63, 3.8) is 0 Å². The van der Waals surface area contributed by atoms with Crippen LogP contribution in [0, 0.1) is 11.8 Å². The first kappa shape index (κ1) is 17.0. The van der Waals surface area contributed by atoms with Crippen LogP contribution in [0.15, 0.2) is 0 Å². The van der Waals surface area contributed by atoms with Crippen LogP contribution in [0.2, 0.25) is 0 Å². The molecule has 5 nitrogen and oxygen atoms in total. The molecule has 1 saturated carbocycles. The van der Waals surface area contributed by atoms with Gasteiger partial charge in [0.15, 0.2) is 0 Å². The number of carbonyl (C=O) groups excluding carboxylic acids is 2. The van der Waals surface area contributed by atoms with E-state index in [1.54, 1.807) is 0 Å². The van der Waals surface area contributed by atoms with Crippen molar-refractivity contribution in [2.24, 2.45) is 11.8 Å². The summed E-state index contributed by atoms with van der Waals surface area (Å²) >= 11 is 0. The van der Waals surface area contributed by atoms with Gasteiger partial charge in [-0.1, -0.05) is 26.7 Å². The maximum absolute atomic E-state index is 11.8. The highest BCUT2D eigenvalue weighted by Crippen LogP contribution is 2.30. The van der Waals surface area contributed by atoms with E-state index >= 15 is 0 Å². The van der Waals surface area contributed by atoms with Crippen LogP contribution < -0.4 is 16.0 Å². The zero-order valence-corrected chi connectivity index (χ0v) is 13.2. The third-order valence-electron chi connectivity index (χ3n) is 4.10. The van der Waals surface area contributed by atoms with Crippen LogP contribution in [0.1, 0.15) is 52.9 Å². The monoisotopic (exact) mass is 283 g/mol. The van der Waals surface area contributed by atoms with E-state index < -0.39 is 6.03 Å². The molecule has 0 saturated heterocycles. The molecule has 0 spiro atoms. The first-order valence-electron chi connectivity index (χ1n) is 7.72. The molecular weight excluding hydrogens is 254 g/mol. The Hall–Kier alpha value is -1.10. The molecule has 0 radical (unpaired) electrons. The fourth-order valence-electron chi connectivity index (χ4n) is 2.83. The van der Waals surface area contributed by atoms with Gasteiger partial charge in [0.1, 0.15) is 0 Å². The minimum Gasteiger partial charge on any atom is -0.341 e. The maximum Gasteiger partial charge on any atom is 0.321 e. The van der Waals surface area contributed by atoms with Gasteiger partial charge in [-0.15, -0.1) is 0 Å². The van der Waals surface area contributed by atoms with E-state index in [1.165, 1.54) is 32.7 Å². The van der Waals surface area contributed by atoms with Gasteiger partial charge in [-0.2, -0.15) is 0 Å². The Morgan fingerprint density at radius 3 is 2.50 bits per heavy atom. The summed E-state index contributed by atoms with van der Waals surface area (Å²) < 4.78 is 0. The lowest BCUT2D eigenvalue weighted by Crippen LogP contribution is -2.50. The lowest BCUT2D eigenvalue weighted by Gasteiger charge is -2.25. The maximum atomic E-state index is 11.8. The smallest absolute Gasteiger partial charge is 0.321 e. The molecule has 0 unspecified atom stereocenters. The number of hydrogen-bond acceptors (Lipinski definition) is 3. The highest BCUT2D eigenvalue weighted by atomic mass is 16.2. The average Bonchev–Trinajstić information content (AvgIpc) is 2.83. The third-order valence-corrected chi connectivity index (χ3v) is 4.10. The molecule has 1 fully saturated rings. The van der Waals surface area contributed by atoms with Crippen molar-refractivity contribution in [3.8, 4) is 0 Å². The summed E-state index contributed by atoms with van der Waals surface area (Å²) in [7, 11) is 1.50. The lowest BCUT2D eigenvalue weighted by molar-refractivity contribution is -0.121. The number of amides is 3. The van der Waals surface area contributed by atoms with E-state index in [2.05, 4.69) is 29.8 Å². The minimum absolute atomic E-state index is 0.265. The Bertz CT molecular complexity index is 331. The second-order valence-electron chi connectivity index (χ2n) is 6.23. The molecule has 1 rings (SSSR count). The predicted molar refractivity (Wildman–Crippen MR) is 80.4 cm³/mol. The highest BCUT2D eigenvalue weighted by molar-refractivity contribution is 5.96. The van der Waals surface area contributed by atoms with Crippen LogP contribution in [0.25, 0.3) is 0 Å². The molecule has 0 aliphatic heterocycles. The molecule has 0 aromatic heterocycles. The van der Waals surface area contributed by atoms with Crippen molar-refractivity contribution in [3.05, 3.63) is 0 Å². The second-order valence-corrected chi connectivity index (χ2v) is 6.23. The van der Waals surface area contributed by atoms with Crippen LogP contribution in [-0.2, 0) is 4.79 Å². The van der Waals surface area contributed by atoms with Crippen molar-refractivity contribution in [1.82, 2.24) is 16.0 Å². The quantitative estimate of drug-likeness (QED) is 0.698. The Balaban J connectivity index is 2.41. The molecule has 0 bridgehead atoms. The molecule has 1 aliphatic rings. The van der Waals surface area contributed by atoms with Gasteiger partial charge >= 0.3 is 6.03 Å². The largest absolute Gasteiger partial charge is 0.341 e. The zero-order valence-electron chi connectivity index (χ0n) is 13.2. The Morgan fingerprint density at radius 1 is 1.20 bits per heavy atom. The minimum atomic E-state index is -0.452. The molecule has 0 aromatic rings. The topological polar surface area (TPSA) is 70.2 Å².